The molecule has 1 aliphatic rings. The van der Waals surface area contributed by atoms with Crippen molar-refractivity contribution in [3.05, 3.63) is 58.8 Å². The third kappa shape index (κ3) is 2.83. The summed E-state index contributed by atoms with van der Waals surface area (Å²) in [6, 6.07) is 11.8. The van der Waals surface area contributed by atoms with E-state index >= 15 is 0 Å². The summed E-state index contributed by atoms with van der Waals surface area (Å²) >= 11 is 0. The smallest absolute Gasteiger partial charge is 0.293 e. The van der Waals surface area contributed by atoms with Crippen LogP contribution in [0.4, 0.5) is 0 Å². The molecular weight excluding hydrogens is 344 g/mol. The summed E-state index contributed by atoms with van der Waals surface area (Å²) in [7, 11) is 0. The molecule has 136 valence electrons. The zero-order valence-corrected chi connectivity index (χ0v) is 15.0. The van der Waals surface area contributed by atoms with Crippen LogP contribution in [0.25, 0.3) is 22.3 Å². The summed E-state index contributed by atoms with van der Waals surface area (Å²) < 4.78 is 10.2. The molecule has 3 aromatic rings. The quantitative estimate of drug-likeness (QED) is 0.627. The SMILES string of the molecule is Cc1cc2nc3c(nc2cc1C)C(C(COC=O)OC=O)c1ccccc1-3. The van der Waals surface area contributed by atoms with Crippen LogP contribution in [0.3, 0.4) is 0 Å². The van der Waals surface area contributed by atoms with Crippen LogP contribution in [0.2, 0.25) is 0 Å². The molecule has 2 unspecified atom stereocenters. The van der Waals surface area contributed by atoms with Crippen molar-refractivity contribution in [2.45, 2.75) is 25.9 Å². The molecule has 2 atom stereocenters. The summed E-state index contributed by atoms with van der Waals surface area (Å²) in [6.45, 7) is 4.76. The van der Waals surface area contributed by atoms with Crippen LogP contribution < -0.4 is 0 Å². The maximum absolute atomic E-state index is 11.1. The monoisotopic (exact) mass is 362 g/mol. The first-order chi connectivity index (χ1) is 13.1. The standard InChI is InChI=1S/C21H18N2O4/c1-12-7-16-17(8-13(12)2)23-21-19(18(27-11-25)9-26-10-24)14-5-3-4-6-15(14)20(21)22-16/h3-8,10-11,18-19H,9H2,1-2H3. The van der Waals surface area contributed by atoms with Crippen molar-refractivity contribution >= 4 is 24.0 Å². The highest BCUT2D eigenvalue weighted by atomic mass is 16.6. The lowest BCUT2D eigenvalue weighted by molar-refractivity contribution is -0.143. The van der Waals surface area contributed by atoms with Gasteiger partial charge in [-0.05, 0) is 42.7 Å². The first-order valence-corrected chi connectivity index (χ1v) is 8.66. The summed E-state index contributed by atoms with van der Waals surface area (Å²) in [5.74, 6) is -0.347. The van der Waals surface area contributed by atoms with E-state index in [4.69, 9.17) is 19.4 Å². The molecule has 0 saturated carbocycles. The molecule has 0 radical (unpaired) electrons. The van der Waals surface area contributed by atoms with E-state index in [1.165, 1.54) is 0 Å². The lowest BCUT2D eigenvalue weighted by Gasteiger charge is -2.22. The number of ether oxygens (including phenoxy) is 2. The number of carbonyl (C=O) groups is 2. The van der Waals surface area contributed by atoms with Crippen LogP contribution in [0.5, 0.6) is 0 Å². The van der Waals surface area contributed by atoms with Crippen LogP contribution in [-0.4, -0.2) is 35.6 Å². The molecule has 0 spiro atoms. The fourth-order valence-corrected chi connectivity index (χ4v) is 3.67. The van der Waals surface area contributed by atoms with Crippen LogP contribution in [0, 0.1) is 13.8 Å². The van der Waals surface area contributed by atoms with Crippen molar-refractivity contribution in [1.82, 2.24) is 9.97 Å². The molecule has 0 bridgehead atoms. The van der Waals surface area contributed by atoms with E-state index in [-0.39, 0.29) is 12.5 Å². The van der Waals surface area contributed by atoms with E-state index in [2.05, 4.69) is 0 Å². The predicted octanol–water partition coefficient (Wildman–Crippen LogP) is 3.07. The Kier molecular flexibility index (Phi) is 4.32. The van der Waals surface area contributed by atoms with Gasteiger partial charge in [0.2, 0.25) is 0 Å². The average Bonchev–Trinajstić information content (AvgIpc) is 2.98. The van der Waals surface area contributed by atoms with Gasteiger partial charge in [-0.1, -0.05) is 24.3 Å². The zero-order chi connectivity index (χ0) is 19.0. The summed E-state index contributed by atoms with van der Waals surface area (Å²) in [6.07, 6.45) is -0.673. The van der Waals surface area contributed by atoms with Crippen LogP contribution in [0.15, 0.2) is 36.4 Å². The molecule has 2 aromatic carbocycles. The number of carbonyl (C=O) groups excluding carboxylic acids is 2. The van der Waals surface area contributed by atoms with Gasteiger partial charge in [0, 0.05) is 5.56 Å². The number of aromatic nitrogens is 2. The van der Waals surface area contributed by atoms with Crippen molar-refractivity contribution in [1.29, 1.82) is 0 Å². The number of fused-ring (bicyclic) bond motifs is 4. The van der Waals surface area contributed by atoms with Gasteiger partial charge in [0.15, 0.2) is 0 Å². The molecule has 6 heteroatoms. The van der Waals surface area contributed by atoms with Gasteiger partial charge in [-0.3, -0.25) is 9.59 Å². The number of aryl methyl sites for hydroxylation is 2. The highest BCUT2D eigenvalue weighted by Gasteiger charge is 2.38. The molecule has 27 heavy (non-hydrogen) atoms. The average molecular weight is 362 g/mol. The van der Waals surface area contributed by atoms with E-state index in [0.717, 1.165) is 44.7 Å². The summed E-state index contributed by atoms with van der Waals surface area (Å²) in [5, 5.41) is 0. The topological polar surface area (TPSA) is 78.4 Å². The first-order valence-electron chi connectivity index (χ1n) is 8.66. The van der Waals surface area contributed by atoms with E-state index in [9.17, 15) is 9.59 Å². The lowest BCUT2D eigenvalue weighted by Crippen LogP contribution is -2.27. The Balaban J connectivity index is 1.93. The zero-order valence-electron chi connectivity index (χ0n) is 15.0. The van der Waals surface area contributed by atoms with Crippen molar-refractivity contribution in [2.75, 3.05) is 6.61 Å². The van der Waals surface area contributed by atoms with Gasteiger partial charge in [-0.25, -0.2) is 9.97 Å². The molecule has 4 rings (SSSR count). The molecule has 0 fully saturated rings. The minimum Gasteiger partial charge on any atom is -0.464 e. The fourth-order valence-electron chi connectivity index (χ4n) is 3.67. The number of hydrogen-bond donors (Lipinski definition) is 0. The van der Waals surface area contributed by atoms with Gasteiger partial charge in [0.05, 0.1) is 28.3 Å². The van der Waals surface area contributed by atoms with E-state index in [0.29, 0.717) is 12.9 Å². The Bertz CT molecular complexity index is 1050. The maximum Gasteiger partial charge on any atom is 0.293 e. The van der Waals surface area contributed by atoms with Crippen molar-refractivity contribution < 1.29 is 19.1 Å². The minimum atomic E-state index is -0.673. The van der Waals surface area contributed by atoms with Gasteiger partial charge in [-0.2, -0.15) is 0 Å². The Labute approximate surface area is 156 Å². The van der Waals surface area contributed by atoms with Crippen molar-refractivity contribution in [2.24, 2.45) is 0 Å². The Morgan fingerprint density at radius 2 is 1.74 bits per heavy atom. The fraction of sp³-hybridized carbons (Fsp3) is 0.238. The summed E-state index contributed by atoms with van der Waals surface area (Å²) in [4.78, 5) is 31.4. The van der Waals surface area contributed by atoms with E-state index < -0.39 is 6.10 Å². The van der Waals surface area contributed by atoms with Gasteiger partial charge >= 0.3 is 0 Å². The largest absolute Gasteiger partial charge is 0.464 e. The molecule has 0 saturated heterocycles. The third-order valence-electron chi connectivity index (χ3n) is 5.08. The van der Waals surface area contributed by atoms with Gasteiger partial charge in [-0.15, -0.1) is 0 Å². The molecule has 1 heterocycles. The molecule has 1 aliphatic carbocycles. The predicted molar refractivity (Wildman–Crippen MR) is 99.2 cm³/mol. The summed E-state index contributed by atoms with van der Waals surface area (Å²) in [5.41, 5.74) is 7.31. The maximum atomic E-state index is 11.1. The number of rotatable bonds is 6. The lowest BCUT2D eigenvalue weighted by atomic mass is 9.94. The van der Waals surface area contributed by atoms with Gasteiger partial charge in [0.25, 0.3) is 12.9 Å². The molecular formula is C21H18N2O4. The van der Waals surface area contributed by atoms with Crippen LogP contribution in [-0.2, 0) is 19.1 Å². The number of benzene rings is 2. The molecule has 0 amide bonds. The Hall–Kier alpha value is -3.28. The highest BCUT2D eigenvalue weighted by molar-refractivity contribution is 5.84. The van der Waals surface area contributed by atoms with Crippen molar-refractivity contribution in [3.8, 4) is 11.3 Å². The highest BCUT2D eigenvalue weighted by Crippen LogP contribution is 2.45. The van der Waals surface area contributed by atoms with Gasteiger partial charge in [0.1, 0.15) is 12.7 Å². The molecule has 6 nitrogen and oxygen atoms in total. The number of hydrogen-bond acceptors (Lipinski definition) is 6. The van der Waals surface area contributed by atoms with E-state index in [1.807, 2.05) is 50.2 Å². The second kappa shape index (κ2) is 6.79. The molecule has 1 aromatic heterocycles. The van der Waals surface area contributed by atoms with E-state index in [1.54, 1.807) is 0 Å². The Morgan fingerprint density at radius 1 is 1.04 bits per heavy atom. The molecule has 0 aliphatic heterocycles. The minimum absolute atomic E-state index is 0.0483. The first kappa shape index (κ1) is 17.1. The second-order valence-electron chi connectivity index (χ2n) is 6.65. The molecule has 0 N–H and O–H groups in total. The van der Waals surface area contributed by atoms with Gasteiger partial charge < -0.3 is 9.47 Å². The van der Waals surface area contributed by atoms with Crippen LogP contribution in [0.1, 0.15) is 28.3 Å². The Morgan fingerprint density at radius 3 is 2.44 bits per heavy atom. The normalized spacial score (nSPS) is 15.7. The second-order valence-corrected chi connectivity index (χ2v) is 6.65. The third-order valence-corrected chi connectivity index (χ3v) is 5.08. The van der Waals surface area contributed by atoms with Crippen molar-refractivity contribution in [3.63, 3.8) is 0 Å². The van der Waals surface area contributed by atoms with Crippen LogP contribution >= 0.6 is 0 Å². The number of nitrogens with zero attached hydrogens (tertiary/aromatic N) is 2.